The first-order chi connectivity index (χ1) is 16.6. The Balaban J connectivity index is 1.90. The summed E-state index contributed by atoms with van der Waals surface area (Å²) in [6, 6.07) is 10.4. The van der Waals surface area contributed by atoms with Gasteiger partial charge in [-0.15, -0.1) is 0 Å². The van der Waals surface area contributed by atoms with Crippen LogP contribution in [0.1, 0.15) is 56.1 Å². The summed E-state index contributed by atoms with van der Waals surface area (Å²) in [6.07, 6.45) is 1.83. The number of thioether (sulfide) groups is 1. The number of rotatable bonds is 9. The summed E-state index contributed by atoms with van der Waals surface area (Å²) >= 11 is 4.94. The summed E-state index contributed by atoms with van der Waals surface area (Å²) in [4.78, 5) is 31.3. The van der Waals surface area contributed by atoms with E-state index in [1.807, 2.05) is 52.8 Å². The lowest BCUT2D eigenvalue weighted by Gasteiger charge is -2.20. The standard InChI is InChI=1S/C26H29BrN2O5S/c1-6-33-21-12-18(13-22-24(30)29(16(4)5)26(35-22)28-15(2)3)11-20(27)23(21)34-14-17-8-7-9-19(10-17)25(31)32/h7-13,15-16H,6,14H2,1-5H3,(H,31,32)/b22-13+,28-26?. The molecule has 9 heteroatoms. The molecule has 186 valence electrons. The summed E-state index contributed by atoms with van der Waals surface area (Å²) in [7, 11) is 0. The fourth-order valence-electron chi connectivity index (χ4n) is 3.43. The topological polar surface area (TPSA) is 88.4 Å². The van der Waals surface area contributed by atoms with Crippen LogP contribution in [0, 0.1) is 0 Å². The Bertz CT molecular complexity index is 1180. The molecule has 3 rings (SSSR count). The molecule has 1 N–H and O–H groups in total. The Hall–Kier alpha value is -2.78. The first-order valence-corrected chi connectivity index (χ1v) is 12.9. The molecule has 0 bridgehead atoms. The van der Waals surface area contributed by atoms with E-state index in [1.165, 1.54) is 17.8 Å². The zero-order valence-electron chi connectivity index (χ0n) is 20.4. The monoisotopic (exact) mass is 560 g/mol. The van der Waals surface area contributed by atoms with Crippen LogP contribution in [0.3, 0.4) is 0 Å². The summed E-state index contributed by atoms with van der Waals surface area (Å²) in [6.45, 7) is 10.4. The molecule has 35 heavy (non-hydrogen) atoms. The number of aromatic carboxylic acids is 1. The molecule has 0 aromatic heterocycles. The van der Waals surface area contributed by atoms with E-state index < -0.39 is 5.97 Å². The maximum Gasteiger partial charge on any atom is 0.335 e. The molecule has 1 aliphatic heterocycles. The number of amides is 1. The van der Waals surface area contributed by atoms with Crippen molar-refractivity contribution in [3.05, 3.63) is 62.5 Å². The Morgan fingerprint density at radius 1 is 1.20 bits per heavy atom. The maximum atomic E-state index is 13.1. The van der Waals surface area contributed by atoms with E-state index in [-0.39, 0.29) is 30.2 Å². The van der Waals surface area contributed by atoms with Crippen molar-refractivity contribution < 1.29 is 24.2 Å². The number of amidine groups is 1. The van der Waals surface area contributed by atoms with Gasteiger partial charge in [0.2, 0.25) is 0 Å². The van der Waals surface area contributed by atoms with E-state index in [2.05, 4.69) is 20.9 Å². The molecule has 1 amide bonds. The maximum absolute atomic E-state index is 13.1. The van der Waals surface area contributed by atoms with Gasteiger partial charge < -0.3 is 14.6 Å². The average molecular weight is 561 g/mol. The van der Waals surface area contributed by atoms with Crippen LogP contribution in [0.4, 0.5) is 0 Å². The van der Waals surface area contributed by atoms with Crippen LogP contribution < -0.4 is 9.47 Å². The van der Waals surface area contributed by atoms with Crippen molar-refractivity contribution in [1.29, 1.82) is 0 Å². The summed E-state index contributed by atoms with van der Waals surface area (Å²) in [5, 5.41) is 9.92. The molecule has 1 heterocycles. The van der Waals surface area contributed by atoms with Crippen LogP contribution in [-0.2, 0) is 11.4 Å². The first kappa shape index (κ1) is 26.8. The number of aliphatic imine (C=N–C) groups is 1. The molecule has 0 radical (unpaired) electrons. The average Bonchev–Trinajstić information content (AvgIpc) is 3.07. The molecule has 2 aromatic rings. The second kappa shape index (κ2) is 11.8. The number of carbonyl (C=O) groups excluding carboxylic acids is 1. The van der Waals surface area contributed by atoms with Gasteiger partial charge in [0, 0.05) is 12.1 Å². The van der Waals surface area contributed by atoms with Crippen molar-refractivity contribution in [2.45, 2.75) is 53.3 Å². The molecule has 1 aliphatic rings. The number of carbonyl (C=O) groups is 2. The van der Waals surface area contributed by atoms with Crippen LogP contribution >= 0.6 is 27.7 Å². The summed E-state index contributed by atoms with van der Waals surface area (Å²) in [5.74, 6) is -0.0316. The Kier molecular flexibility index (Phi) is 9.02. The quantitative estimate of drug-likeness (QED) is 0.366. The smallest absolute Gasteiger partial charge is 0.335 e. The Labute approximate surface area is 218 Å². The third kappa shape index (κ3) is 6.67. The van der Waals surface area contributed by atoms with Crippen molar-refractivity contribution in [3.8, 4) is 11.5 Å². The fraction of sp³-hybridized carbons (Fsp3) is 0.346. The first-order valence-electron chi connectivity index (χ1n) is 11.3. The van der Waals surface area contributed by atoms with E-state index in [4.69, 9.17) is 9.47 Å². The molecular formula is C26H29BrN2O5S. The molecule has 2 aromatic carbocycles. The van der Waals surface area contributed by atoms with E-state index in [1.54, 1.807) is 23.1 Å². The lowest BCUT2D eigenvalue weighted by Crippen LogP contribution is -2.35. The van der Waals surface area contributed by atoms with E-state index in [0.29, 0.717) is 32.7 Å². The lowest BCUT2D eigenvalue weighted by molar-refractivity contribution is -0.123. The third-order valence-electron chi connectivity index (χ3n) is 4.91. The van der Waals surface area contributed by atoms with Gasteiger partial charge in [-0.3, -0.25) is 14.7 Å². The summed E-state index contributed by atoms with van der Waals surface area (Å²) in [5.41, 5.74) is 1.71. The van der Waals surface area contributed by atoms with Gasteiger partial charge >= 0.3 is 5.97 Å². The van der Waals surface area contributed by atoms with Crippen molar-refractivity contribution in [3.63, 3.8) is 0 Å². The number of ether oxygens (including phenoxy) is 2. The minimum absolute atomic E-state index is 0.000438. The number of carboxylic acids is 1. The van der Waals surface area contributed by atoms with E-state index >= 15 is 0 Å². The van der Waals surface area contributed by atoms with Crippen LogP contribution in [0.2, 0.25) is 0 Å². The van der Waals surface area contributed by atoms with Crippen LogP contribution in [0.15, 0.2) is 50.8 Å². The predicted molar refractivity (Wildman–Crippen MR) is 143 cm³/mol. The minimum Gasteiger partial charge on any atom is -0.490 e. The van der Waals surface area contributed by atoms with Gasteiger partial charge in [0.15, 0.2) is 16.7 Å². The number of hydrogen-bond donors (Lipinski definition) is 1. The molecule has 0 saturated carbocycles. The highest BCUT2D eigenvalue weighted by molar-refractivity contribution is 9.10. The van der Waals surface area contributed by atoms with Crippen LogP contribution in [-0.4, -0.2) is 45.7 Å². The SMILES string of the molecule is CCOc1cc(/C=C2/SC(=NC(C)C)N(C(C)C)C2=O)cc(Br)c1OCc1cccc(C(=O)O)c1. The molecule has 1 fully saturated rings. The second-order valence-corrected chi connectivity index (χ2v) is 10.3. The molecule has 0 spiro atoms. The zero-order chi connectivity index (χ0) is 25.7. The highest BCUT2D eigenvalue weighted by Gasteiger charge is 2.35. The number of benzene rings is 2. The second-order valence-electron chi connectivity index (χ2n) is 8.44. The van der Waals surface area contributed by atoms with Gasteiger partial charge in [0.05, 0.1) is 21.5 Å². The van der Waals surface area contributed by atoms with Gasteiger partial charge in [-0.05, 0) is 104 Å². The van der Waals surface area contributed by atoms with Crippen LogP contribution in [0.25, 0.3) is 6.08 Å². The van der Waals surface area contributed by atoms with Crippen molar-refractivity contribution >= 4 is 50.8 Å². The van der Waals surface area contributed by atoms with E-state index in [0.717, 1.165) is 11.1 Å². The molecular weight excluding hydrogens is 532 g/mol. The highest BCUT2D eigenvalue weighted by Crippen LogP contribution is 2.40. The minimum atomic E-state index is -0.989. The van der Waals surface area contributed by atoms with Crippen molar-refractivity contribution in [2.24, 2.45) is 4.99 Å². The summed E-state index contributed by atoms with van der Waals surface area (Å²) < 4.78 is 12.5. The molecule has 0 atom stereocenters. The third-order valence-corrected chi connectivity index (χ3v) is 6.49. The van der Waals surface area contributed by atoms with Gasteiger partial charge in [0.1, 0.15) is 6.61 Å². The predicted octanol–water partition coefficient (Wildman–Crippen LogP) is 6.21. The molecule has 1 saturated heterocycles. The van der Waals surface area contributed by atoms with Crippen LogP contribution in [0.5, 0.6) is 11.5 Å². The highest BCUT2D eigenvalue weighted by atomic mass is 79.9. The Morgan fingerprint density at radius 2 is 1.94 bits per heavy atom. The normalized spacial score (nSPS) is 16.1. The Morgan fingerprint density at radius 3 is 2.57 bits per heavy atom. The number of hydrogen-bond acceptors (Lipinski definition) is 6. The lowest BCUT2D eigenvalue weighted by atomic mass is 10.1. The number of halogens is 1. The number of nitrogens with zero attached hydrogens (tertiary/aromatic N) is 2. The fourth-order valence-corrected chi connectivity index (χ4v) is 5.24. The van der Waals surface area contributed by atoms with E-state index in [9.17, 15) is 14.7 Å². The molecule has 7 nitrogen and oxygen atoms in total. The van der Waals surface area contributed by atoms with Crippen molar-refractivity contribution in [1.82, 2.24) is 4.90 Å². The molecule has 0 unspecified atom stereocenters. The number of carboxylic acid groups (broad SMARTS) is 1. The molecule has 0 aliphatic carbocycles. The van der Waals surface area contributed by atoms with Gasteiger partial charge in [-0.2, -0.15) is 0 Å². The van der Waals surface area contributed by atoms with Gasteiger partial charge in [0.25, 0.3) is 5.91 Å². The van der Waals surface area contributed by atoms with Gasteiger partial charge in [-0.25, -0.2) is 4.79 Å². The largest absolute Gasteiger partial charge is 0.490 e. The zero-order valence-corrected chi connectivity index (χ0v) is 22.8. The van der Waals surface area contributed by atoms with Crippen molar-refractivity contribution in [2.75, 3.05) is 6.61 Å². The van der Waals surface area contributed by atoms with Gasteiger partial charge in [-0.1, -0.05) is 12.1 Å².